The lowest BCUT2D eigenvalue weighted by Gasteiger charge is -2.01. The van der Waals surface area contributed by atoms with Gasteiger partial charge < -0.3 is 4.57 Å². The first-order chi connectivity index (χ1) is 7.68. The molecule has 0 aliphatic heterocycles. The van der Waals surface area contributed by atoms with Gasteiger partial charge in [-0.3, -0.25) is 0 Å². The molecule has 0 atom stereocenters. The van der Waals surface area contributed by atoms with Crippen molar-refractivity contribution < 1.29 is 0 Å². The van der Waals surface area contributed by atoms with E-state index in [0.717, 1.165) is 15.9 Å². The van der Waals surface area contributed by atoms with Crippen LogP contribution in [0.4, 0.5) is 0 Å². The molecule has 2 heterocycles. The zero-order valence-electron chi connectivity index (χ0n) is 8.68. The minimum atomic E-state index is 0.616. The van der Waals surface area contributed by atoms with Crippen LogP contribution in [-0.4, -0.2) is 20.5 Å². The van der Waals surface area contributed by atoms with Gasteiger partial charge in [0, 0.05) is 17.8 Å². The lowest BCUT2D eigenvalue weighted by molar-refractivity contribution is 0.795. The fourth-order valence-corrected chi connectivity index (χ4v) is 2.78. The SMILES string of the molecule is C=C(Cl)CSc1nnc(-c2cccs2)n1C. The van der Waals surface area contributed by atoms with Gasteiger partial charge in [0.15, 0.2) is 11.0 Å². The first kappa shape index (κ1) is 11.7. The molecule has 0 aliphatic carbocycles. The summed E-state index contributed by atoms with van der Waals surface area (Å²) in [7, 11) is 1.95. The van der Waals surface area contributed by atoms with Crippen molar-refractivity contribution in [2.45, 2.75) is 5.16 Å². The first-order valence-corrected chi connectivity index (χ1v) is 6.82. The monoisotopic (exact) mass is 271 g/mol. The van der Waals surface area contributed by atoms with E-state index in [2.05, 4.69) is 16.8 Å². The average molecular weight is 272 g/mol. The number of rotatable bonds is 4. The number of hydrogen-bond acceptors (Lipinski definition) is 4. The molecule has 16 heavy (non-hydrogen) atoms. The van der Waals surface area contributed by atoms with Crippen molar-refractivity contribution in [2.75, 3.05) is 5.75 Å². The molecule has 0 saturated carbocycles. The number of hydrogen-bond donors (Lipinski definition) is 0. The van der Waals surface area contributed by atoms with Crippen LogP contribution in [0.1, 0.15) is 0 Å². The Balaban J connectivity index is 2.21. The molecule has 0 aliphatic rings. The van der Waals surface area contributed by atoms with Gasteiger partial charge in [0.2, 0.25) is 0 Å². The third-order valence-electron chi connectivity index (χ3n) is 1.93. The molecule has 0 N–H and O–H groups in total. The molecule has 0 amide bonds. The second-order valence-electron chi connectivity index (χ2n) is 3.15. The number of thioether (sulfide) groups is 1. The van der Waals surface area contributed by atoms with Gasteiger partial charge in [0.05, 0.1) is 4.88 Å². The molecule has 2 aromatic rings. The van der Waals surface area contributed by atoms with E-state index in [1.165, 1.54) is 11.8 Å². The standard InChI is InChI=1S/C10H10ClN3S2/c1-7(11)6-16-10-13-12-9(14(10)2)8-4-3-5-15-8/h3-5H,1,6H2,2H3. The van der Waals surface area contributed by atoms with Crippen LogP contribution in [0, 0.1) is 0 Å². The molecule has 0 saturated heterocycles. The Morgan fingerprint density at radius 3 is 3.06 bits per heavy atom. The van der Waals surface area contributed by atoms with Crippen LogP contribution in [0.25, 0.3) is 10.7 Å². The topological polar surface area (TPSA) is 30.7 Å². The van der Waals surface area contributed by atoms with Crippen molar-refractivity contribution >= 4 is 34.7 Å². The van der Waals surface area contributed by atoms with E-state index in [4.69, 9.17) is 11.6 Å². The first-order valence-electron chi connectivity index (χ1n) is 4.58. The Morgan fingerprint density at radius 1 is 1.62 bits per heavy atom. The van der Waals surface area contributed by atoms with Gasteiger partial charge in [0.1, 0.15) is 0 Å². The van der Waals surface area contributed by atoms with E-state index in [9.17, 15) is 0 Å². The molecular weight excluding hydrogens is 262 g/mol. The number of aromatic nitrogens is 3. The van der Waals surface area contributed by atoms with Gasteiger partial charge >= 0.3 is 0 Å². The molecule has 6 heteroatoms. The Labute approximate surface area is 107 Å². The highest BCUT2D eigenvalue weighted by atomic mass is 35.5. The van der Waals surface area contributed by atoms with Crippen molar-refractivity contribution in [3.8, 4) is 10.7 Å². The maximum Gasteiger partial charge on any atom is 0.191 e. The second-order valence-corrected chi connectivity index (χ2v) is 5.57. The third kappa shape index (κ3) is 2.48. The molecule has 0 fully saturated rings. The van der Waals surface area contributed by atoms with E-state index >= 15 is 0 Å². The second kappa shape index (κ2) is 5.03. The fourth-order valence-electron chi connectivity index (χ4n) is 1.20. The summed E-state index contributed by atoms with van der Waals surface area (Å²) in [6.07, 6.45) is 0. The molecule has 0 radical (unpaired) electrons. The van der Waals surface area contributed by atoms with Crippen molar-refractivity contribution in [3.05, 3.63) is 29.1 Å². The maximum absolute atomic E-state index is 5.72. The van der Waals surface area contributed by atoms with Gasteiger partial charge in [-0.25, -0.2) is 0 Å². The summed E-state index contributed by atoms with van der Waals surface area (Å²) in [5, 5.41) is 11.8. The van der Waals surface area contributed by atoms with Crippen molar-refractivity contribution in [2.24, 2.45) is 7.05 Å². The minimum Gasteiger partial charge on any atom is -0.304 e. The van der Waals surface area contributed by atoms with Gasteiger partial charge in [0.25, 0.3) is 0 Å². The van der Waals surface area contributed by atoms with Crippen LogP contribution in [0.2, 0.25) is 0 Å². The van der Waals surface area contributed by atoms with Crippen LogP contribution in [-0.2, 0) is 7.05 Å². The molecule has 0 aromatic carbocycles. The average Bonchev–Trinajstić information content (AvgIpc) is 2.84. The highest BCUT2D eigenvalue weighted by Gasteiger charge is 2.11. The Kier molecular flexibility index (Phi) is 3.68. The lowest BCUT2D eigenvalue weighted by Crippen LogP contribution is -1.93. The van der Waals surface area contributed by atoms with Gasteiger partial charge in [-0.15, -0.1) is 21.5 Å². The maximum atomic E-state index is 5.72. The quantitative estimate of drug-likeness (QED) is 0.799. The summed E-state index contributed by atoms with van der Waals surface area (Å²) in [5.41, 5.74) is 0. The van der Waals surface area contributed by atoms with Crippen LogP contribution in [0.3, 0.4) is 0 Å². The molecule has 0 spiro atoms. The van der Waals surface area contributed by atoms with E-state index in [-0.39, 0.29) is 0 Å². The number of halogens is 1. The van der Waals surface area contributed by atoms with Crippen molar-refractivity contribution in [3.63, 3.8) is 0 Å². The van der Waals surface area contributed by atoms with Gasteiger partial charge in [-0.05, 0) is 11.4 Å². The number of thiophene rings is 1. The summed E-state index contributed by atoms with van der Waals surface area (Å²) in [6, 6.07) is 4.03. The highest BCUT2D eigenvalue weighted by Crippen LogP contribution is 2.26. The number of nitrogens with zero attached hydrogens (tertiary/aromatic N) is 3. The molecule has 0 unspecified atom stereocenters. The van der Waals surface area contributed by atoms with Gasteiger partial charge in [-0.2, -0.15) is 0 Å². The summed E-state index contributed by atoms with van der Waals surface area (Å²) in [4.78, 5) is 1.12. The van der Waals surface area contributed by atoms with E-state index < -0.39 is 0 Å². The van der Waals surface area contributed by atoms with Crippen LogP contribution < -0.4 is 0 Å². The van der Waals surface area contributed by atoms with Crippen LogP contribution in [0.15, 0.2) is 34.3 Å². The third-order valence-corrected chi connectivity index (χ3v) is 4.20. The molecule has 2 rings (SSSR count). The largest absolute Gasteiger partial charge is 0.304 e. The van der Waals surface area contributed by atoms with Crippen molar-refractivity contribution in [1.29, 1.82) is 0 Å². The predicted octanol–water partition coefficient (Wildman–Crippen LogP) is 3.39. The molecule has 84 valence electrons. The fraction of sp³-hybridized carbons (Fsp3) is 0.200. The zero-order chi connectivity index (χ0) is 11.5. The Morgan fingerprint density at radius 2 is 2.44 bits per heavy atom. The van der Waals surface area contributed by atoms with E-state index in [1.807, 2.05) is 29.1 Å². The molecule has 2 aromatic heterocycles. The molecule has 0 bridgehead atoms. The Bertz CT molecular complexity index is 490. The minimum absolute atomic E-state index is 0.616. The molecule has 3 nitrogen and oxygen atoms in total. The summed E-state index contributed by atoms with van der Waals surface area (Å²) >= 11 is 8.90. The van der Waals surface area contributed by atoms with Crippen LogP contribution in [0.5, 0.6) is 0 Å². The normalized spacial score (nSPS) is 10.6. The van der Waals surface area contributed by atoms with Crippen molar-refractivity contribution in [1.82, 2.24) is 14.8 Å². The van der Waals surface area contributed by atoms with Crippen LogP contribution >= 0.6 is 34.7 Å². The van der Waals surface area contributed by atoms with E-state index in [1.54, 1.807) is 11.3 Å². The van der Waals surface area contributed by atoms with Gasteiger partial charge in [-0.1, -0.05) is 36.0 Å². The smallest absolute Gasteiger partial charge is 0.191 e. The summed E-state index contributed by atoms with van der Waals surface area (Å²) in [6.45, 7) is 3.65. The Hall–Kier alpha value is -0.780. The highest BCUT2D eigenvalue weighted by molar-refractivity contribution is 7.99. The van der Waals surface area contributed by atoms with E-state index in [0.29, 0.717) is 10.8 Å². The molecular formula is C10H10ClN3S2. The summed E-state index contributed by atoms with van der Waals surface area (Å²) < 4.78 is 1.97. The lowest BCUT2D eigenvalue weighted by atomic mass is 10.4. The predicted molar refractivity (Wildman–Crippen MR) is 70.0 cm³/mol. The summed E-state index contributed by atoms with van der Waals surface area (Å²) in [5.74, 6) is 1.54. The zero-order valence-corrected chi connectivity index (χ0v) is 11.1.